The average molecular weight is 384 g/mol. The smallest absolute Gasteiger partial charge is 0.269 e. The standard InChI is InChI=1S/C23H20N4O2/c28-22-14-13-20(17-7-2-1-3-8-17)26-27(22)16-6-15-24-23(29)21-12-11-18-9-4-5-10-19(18)25-21/h1-5,7-14H,6,15-16H2,(H,24,29). The fraction of sp³-hybridized carbons (Fsp3) is 0.130. The average Bonchev–Trinajstić information content (AvgIpc) is 2.78. The molecule has 29 heavy (non-hydrogen) atoms. The summed E-state index contributed by atoms with van der Waals surface area (Å²) >= 11 is 0. The summed E-state index contributed by atoms with van der Waals surface area (Å²) in [6, 6.07) is 24.2. The summed E-state index contributed by atoms with van der Waals surface area (Å²) in [6.07, 6.45) is 0.588. The molecule has 0 atom stereocenters. The van der Waals surface area contributed by atoms with E-state index in [2.05, 4.69) is 15.4 Å². The maximum atomic E-state index is 12.3. The maximum Gasteiger partial charge on any atom is 0.269 e. The Morgan fingerprint density at radius 2 is 1.69 bits per heavy atom. The largest absolute Gasteiger partial charge is 0.351 e. The number of aromatic nitrogens is 3. The second-order valence-corrected chi connectivity index (χ2v) is 6.64. The number of hydrogen-bond donors (Lipinski definition) is 1. The zero-order valence-corrected chi connectivity index (χ0v) is 15.8. The lowest BCUT2D eigenvalue weighted by Gasteiger charge is -2.08. The van der Waals surface area contributed by atoms with Gasteiger partial charge in [0.25, 0.3) is 11.5 Å². The molecule has 0 aliphatic rings. The van der Waals surface area contributed by atoms with Crippen LogP contribution in [0.4, 0.5) is 0 Å². The first-order chi connectivity index (χ1) is 14.2. The van der Waals surface area contributed by atoms with Crippen LogP contribution in [0.1, 0.15) is 16.9 Å². The zero-order valence-electron chi connectivity index (χ0n) is 15.8. The first-order valence-corrected chi connectivity index (χ1v) is 9.48. The quantitative estimate of drug-likeness (QED) is 0.518. The summed E-state index contributed by atoms with van der Waals surface area (Å²) in [4.78, 5) is 28.8. The Hall–Kier alpha value is -3.80. The molecule has 1 N–H and O–H groups in total. The predicted molar refractivity (Wildman–Crippen MR) is 113 cm³/mol. The molecule has 2 heterocycles. The predicted octanol–water partition coefficient (Wildman–Crippen LogP) is 3.28. The number of carbonyl (C=O) groups is 1. The number of aryl methyl sites for hydroxylation is 1. The van der Waals surface area contributed by atoms with E-state index in [-0.39, 0.29) is 11.5 Å². The van der Waals surface area contributed by atoms with Crippen LogP contribution in [-0.4, -0.2) is 27.2 Å². The summed E-state index contributed by atoms with van der Waals surface area (Å²) in [5.74, 6) is -0.228. The van der Waals surface area contributed by atoms with Crippen molar-refractivity contribution in [2.75, 3.05) is 6.54 Å². The highest BCUT2D eigenvalue weighted by Crippen LogP contribution is 2.14. The Balaban J connectivity index is 1.36. The minimum atomic E-state index is -0.228. The number of hydrogen-bond acceptors (Lipinski definition) is 4. The van der Waals surface area contributed by atoms with Gasteiger partial charge in [0.2, 0.25) is 0 Å². The first-order valence-electron chi connectivity index (χ1n) is 9.48. The van der Waals surface area contributed by atoms with Crippen molar-refractivity contribution in [3.05, 3.63) is 94.9 Å². The van der Waals surface area contributed by atoms with E-state index in [1.165, 1.54) is 10.7 Å². The van der Waals surface area contributed by atoms with Gasteiger partial charge in [0, 0.05) is 30.1 Å². The lowest BCUT2D eigenvalue weighted by atomic mass is 10.1. The van der Waals surface area contributed by atoms with E-state index in [1.807, 2.05) is 60.7 Å². The van der Waals surface area contributed by atoms with E-state index in [9.17, 15) is 9.59 Å². The highest BCUT2D eigenvalue weighted by molar-refractivity contribution is 5.94. The number of rotatable bonds is 6. The minimum Gasteiger partial charge on any atom is -0.351 e. The van der Waals surface area contributed by atoms with Crippen molar-refractivity contribution >= 4 is 16.8 Å². The highest BCUT2D eigenvalue weighted by Gasteiger charge is 2.08. The molecule has 0 spiro atoms. The topological polar surface area (TPSA) is 76.9 Å². The van der Waals surface area contributed by atoms with Crippen LogP contribution in [-0.2, 0) is 6.54 Å². The molecule has 0 bridgehead atoms. The van der Waals surface area contributed by atoms with Crippen LogP contribution in [0.15, 0.2) is 83.7 Å². The molecular formula is C23H20N4O2. The number of nitrogens with zero attached hydrogens (tertiary/aromatic N) is 3. The molecule has 1 amide bonds. The van der Waals surface area contributed by atoms with Gasteiger partial charge in [-0.3, -0.25) is 9.59 Å². The van der Waals surface area contributed by atoms with Crippen LogP contribution in [0.3, 0.4) is 0 Å². The molecule has 0 unspecified atom stereocenters. The van der Waals surface area contributed by atoms with E-state index in [0.29, 0.717) is 25.2 Å². The summed E-state index contributed by atoms with van der Waals surface area (Å²) < 4.78 is 1.43. The molecular weight excluding hydrogens is 364 g/mol. The van der Waals surface area contributed by atoms with E-state index in [0.717, 1.165) is 22.2 Å². The lowest BCUT2D eigenvalue weighted by molar-refractivity contribution is 0.0948. The van der Waals surface area contributed by atoms with Crippen LogP contribution in [0.2, 0.25) is 0 Å². The Morgan fingerprint density at radius 3 is 2.55 bits per heavy atom. The highest BCUT2D eigenvalue weighted by atomic mass is 16.2. The molecule has 2 aromatic heterocycles. The molecule has 6 heteroatoms. The Kier molecular flexibility index (Phi) is 5.42. The fourth-order valence-electron chi connectivity index (χ4n) is 3.09. The number of amides is 1. The summed E-state index contributed by atoms with van der Waals surface area (Å²) in [5, 5.41) is 8.28. The summed E-state index contributed by atoms with van der Waals surface area (Å²) in [7, 11) is 0. The monoisotopic (exact) mass is 384 g/mol. The number of nitrogens with one attached hydrogen (secondary N) is 1. The fourth-order valence-corrected chi connectivity index (χ4v) is 3.09. The molecule has 0 fully saturated rings. The van der Waals surface area contributed by atoms with Gasteiger partial charge in [-0.1, -0.05) is 54.6 Å². The van der Waals surface area contributed by atoms with Gasteiger partial charge in [-0.2, -0.15) is 5.10 Å². The van der Waals surface area contributed by atoms with Crippen LogP contribution >= 0.6 is 0 Å². The van der Waals surface area contributed by atoms with Crippen molar-refractivity contribution < 1.29 is 4.79 Å². The van der Waals surface area contributed by atoms with E-state index in [4.69, 9.17) is 0 Å². The van der Waals surface area contributed by atoms with Crippen LogP contribution in [0.5, 0.6) is 0 Å². The van der Waals surface area contributed by atoms with Gasteiger partial charge in [-0.05, 0) is 24.6 Å². The van der Waals surface area contributed by atoms with E-state index >= 15 is 0 Å². The second-order valence-electron chi connectivity index (χ2n) is 6.64. The summed E-state index contributed by atoms with van der Waals surface area (Å²) in [5.41, 5.74) is 2.71. The molecule has 0 saturated carbocycles. The number of para-hydroxylation sites is 1. The summed E-state index contributed by atoms with van der Waals surface area (Å²) in [6.45, 7) is 0.849. The van der Waals surface area contributed by atoms with E-state index in [1.54, 1.807) is 12.1 Å². The van der Waals surface area contributed by atoms with Crippen molar-refractivity contribution in [1.29, 1.82) is 0 Å². The van der Waals surface area contributed by atoms with Crippen molar-refractivity contribution in [1.82, 2.24) is 20.1 Å². The van der Waals surface area contributed by atoms with Gasteiger partial charge in [0.05, 0.1) is 11.2 Å². The Labute approximate surface area is 167 Å². The van der Waals surface area contributed by atoms with Crippen LogP contribution in [0.25, 0.3) is 22.2 Å². The number of pyridine rings is 1. The van der Waals surface area contributed by atoms with Crippen LogP contribution < -0.4 is 10.9 Å². The third kappa shape index (κ3) is 4.38. The Morgan fingerprint density at radius 1 is 0.897 bits per heavy atom. The molecule has 4 aromatic rings. The van der Waals surface area contributed by atoms with Crippen molar-refractivity contribution in [2.24, 2.45) is 0 Å². The second kappa shape index (κ2) is 8.48. The van der Waals surface area contributed by atoms with Crippen LogP contribution in [0, 0.1) is 0 Å². The lowest BCUT2D eigenvalue weighted by Crippen LogP contribution is -2.28. The van der Waals surface area contributed by atoms with Crippen molar-refractivity contribution in [3.63, 3.8) is 0 Å². The van der Waals surface area contributed by atoms with Gasteiger partial charge >= 0.3 is 0 Å². The van der Waals surface area contributed by atoms with Gasteiger partial charge in [0.1, 0.15) is 5.69 Å². The first kappa shape index (κ1) is 18.6. The van der Waals surface area contributed by atoms with Gasteiger partial charge in [-0.15, -0.1) is 0 Å². The number of fused-ring (bicyclic) bond motifs is 1. The van der Waals surface area contributed by atoms with Gasteiger partial charge in [-0.25, -0.2) is 9.67 Å². The molecule has 0 saturated heterocycles. The molecule has 144 valence electrons. The number of benzene rings is 2. The van der Waals surface area contributed by atoms with Gasteiger partial charge in [0.15, 0.2) is 0 Å². The normalized spacial score (nSPS) is 10.8. The maximum absolute atomic E-state index is 12.3. The number of carbonyl (C=O) groups excluding carboxylic acids is 1. The van der Waals surface area contributed by atoms with Crippen molar-refractivity contribution in [3.8, 4) is 11.3 Å². The Bertz CT molecular complexity index is 1200. The van der Waals surface area contributed by atoms with Gasteiger partial charge < -0.3 is 5.32 Å². The molecule has 4 rings (SSSR count). The third-order valence-electron chi connectivity index (χ3n) is 4.60. The van der Waals surface area contributed by atoms with Crippen molar-refractivity contribution in [2.45, 2.75) is 13.0 Å². The molecule has 0 aliphatic carbocycles. The molecule has 6 nitrogen and oxygen atoms in total. The zero-order chi connectivity index (χ0) is 20.1. The third-order valence-corrected chi connectivity index (χ3v) is 4.60. The molecule has 0 aliphatic heterocycles. The minimum absolute atomic E-state index is 0.160. The molecule has 0 radical (unpaired) electrons. The SMILES string of the molecule is O=C(NCCCn1nc(-c2ccccc2)ccc1=O)c1ccc2ccccc2n1. The molecule has 2 aromatic carbocycles. The van der Waals surface area contributed by atoms with E-state index < -0.39 is 0 Å².